The highest BCUT2D eigenvalue weighted by atomic mass is 16.6. The number of rotatable bonds is 24. The molecule has 3 aromatic carbocycles. The van der Waals surface area contributed by atoms with Gasteiger partial charge in [0.15, 0.2) is 43.4 Å². The second-order valence-corrected chi connectivity index (χ2v) is 25.9. The largest absolute Gasteiger partial charge is 0.412 e. The molecule has 9 rings (SSSR count). The van der Waals surface area contributed by atoms with Gasteiger partial charge in [0.1, 0.15) is 6.54 Å². The predicted octanol–water partition coefficient (Wildman–Crippen LogP) is 33.6. The number of esters is 6. The number of pyridine rings is 5. The molecule has 0 bridgehead atoms. The first-order valence-corrected chi connectivity index (χ1v) is 34.8. The number of hydrogen-bond acceptors (Lipinski definition) is 12. The van der Waals surface area contributed by atoms with Crippen LogP contribution in [0, 0.1) is 12.8 Å². The quantitative estimate of drug-likeness (QED) is 0.0107. The monoisotopic (exact) mass is 1920 g/mol. The molecule has 6 heterocycles. The summed E-state index contributed by atoms with van der Waals surface area (Å²) in [6, 6.07) is 42.2. The Bertz CT molecular complexity index is 4150. The Morgan fingerprint density at radius 3 is 0.926 bits per heavy atom. The summed E-state index contributed by atoms with van der Waals surface area (Å²) in [4.78, 5) is 67.9. The second kappa shape index (κ2) is 107. The lowest BCUT2D eigenvalue weighted by molar-refractivity contribution is -0.938. The predicted molar refractivity (Wildman–Crippen MR) is 616 cm³/mol. The van der Waals surface area contributed by atoms with E-state index in [-0.39, 0.29) is 300 Å². The van der Waals surface area contributed by atoms with Gasteiger partial charge in [-0.25, -0.2) is 33.3 Å². The van der Waals surface area contributed by atoms with E-state index in [9.17, 15) is 28.8 Å². The van der Waals surface area contributed by atoms with E-state index >= 15 is 0 Å². The zero-order chi connectivity index (χ0) is 76.2. The Morgan fingerprint density at radius 1 is 0.333 bits per heavy atom. The summed E-state index contributed by atoms with van der Waals surface area (Å²) in [7, 11) is 2.16. The van der Waals surface area contributed by atoms with Crippen molar-refractivity contribution in [1.82, 2.24) is 0 Å². The van der Waals surface area contributed by atoms with Crippen LogP contribution in [0.25, 0.3) is 43.8 Å². The number of piperidine rings is 1. The fourth-order valence-corrected chi connectivity index (χ4v) is 10.1. The van der Waals surface area contributed by atoms with Gasteiger partial charge in [0.05, 0.1) is 39.8 Å². The van der Waals surface area contributed by atoms with Crippen molar-refractivity contribution in [3.05, 3.63) is 249 Å². The maximum absolute atomic E-state index is 11.7. The smallest absolute Gasteiger partial charge is 0.337 e. The number of fused-ring (bicyclic) bond motifs is 3. The fraction of sp³-hybridized carbons (Fsp3) is 0.526. The summed E-state index contributed by atoms with van der Waals surface area (Å²) >= 11 is 0. The number of para-hydroxylation sites is 3. The third kappa shape index (κ3) is 71.6. The van der Waals surface area contributed by atoms with Gasteiger partial charge in [0, 0.05) is 110 Å². The van der Waals surface area contributed by atoms with E-state index in [2.05, 4.69) is 128 Å². The van der Waals surface area contributed by atoms with E-state index in [4.69, 9.17) is 28.4 Å². The molecule has 0 amide bonds. The van der Waals surface area contributed by atoms with Crippen LogP contribution in [0.1, 0.15) is 339 Å². The summed E-state index contributed by atoms with van der Waals surface area (Å²) in [6.45, 7) is 51.8. The fourth-order valence-electron chi connectivity index (χ4n) is 10.1. The van der Waals surface area contributed by atoms with E-state index in [1.54, 1.807) is 50.7 Å². The van der Waals surface area contributed by atoms with Gasteiger partial charge in [-0.15, -0.1) is 0 Å². The lowest BCUT2D eigenvalue weighted by atomic mass is 9.93. The average molecular weight is 1920 g/mol. The molecular weight excluding hydrogens is 1680 g/mol. The molecule has 0 atom stereocenters. The first-order valence-electron chi connectivity index (χ1n) is 34.8. The molecule has 1 saturated heterocycles. The average Bonchev–Trinajstić information content (AvgIpc) is 0.776. The van der Waals surface area contributed by atoms with E-state index in [1.165, 1.54) is 24.8 Å². The van der Waals surface area contributed by atoms with Crippen LogP contribution in [0.3, 0.4) is 0 Å². The molecule has 19 heteroatoms. The van der Waals surface area contributed by atoms with Crippen LogP contribution < -0.4 is 22.8 Å². The van der Waals surface area contributed by atoms with Gasteiger partial charge in [0.2, 0.25) is 30.0 Å². The van der Waals surface area contributed by atoms with Crippen molar-refractivity contribution in [1.29, 1.82) is 0 Å². The van der Waals surface area contributed by atoms with Crippen molar-refractivity contribution in [3.63, 3.8) is 0 Å². The summed E-state index contributed by atoms with van der Waals surface area (Å²) in [6.07, 6.45) is 17.3. The summed E-state index contributed by atoms with van der Waals surface area (Å²) in [5, 5.41) is 3.34. The number of benzene rings is 3. The lowest BCUT2D eigenvalue weighted by Crippen LogP contribution is -2.51. The first kappa shape index (κ1) is 208. The molecule has 0 spiro atoms. The van der Waals surface area contributed by atoms with Gasteiger partial charge in [-0.05, 0) is 142 Å². The van der Waals surface area contributed by atoms with Crippen molar-refractivity contribution in [2.75, 3.05) is 53.2 Å². The number of carbonyl (C=O) groups is 6. The Hall–Kier alpha value is -10.6. The second-order valence-electron chi connectivity index (χ2n) is 25.9. The normalized spacial score (nSPS) is 10.2. The summed E-state index contributed by atoms with van der Waals surface area (Å²) in [5.41, 5.74) is 9.13. The van der Waals surface area contributed by atoms with Crippen molar-refractivity contribution < 1.29 is 89.0 Å². The number of aromatic nitrogens is 5. The number of likely N-dealkylation sites (tertiary alicyclic amines) is 1. The molecule has 0 aliphatic carbocycles. The highest BCUT2D eigenvalue weighted by Crippen LogP contribution is 2.25. The Balaban J connectivity index is -0.0000000355. The zero-order valence-electron chi connectivity index (χ0n) is 63.1. The van der Waals surface area contributed by atoms with Gasteiger partial charge >= 0.3 is 35.8 Å². The molecule has 19 nitrogen and oxygen atoms in total. The molecule has 1 aliphatic rings. The molecule has 0 saturated carbocycles. The molecular formula is C116H238N7O12+7. The Morgan fingerprint density at radius 2 is 0.607 bits per heavy atom. The van der Waals surface area contributed by atoms with Crippen LogP contribution >= 0.6 is 0 Å². The molecule has 5 aromatic heterocycles. The minimum absolute atomic E-state index is 0. The van der Waals surface area contributed by atoms with E-state index in [1.807, 2.05) is 144 Å². The first-order chi connectivity index (χ1) is 49.0. The molecule has 1 fully saturated rings. The summed E-state index contributed by atoms with van der Waals surface area (Å²) in [5.74, 6) is -1.18. The zero-order valence-corrected chi connectivity index (χ0v) is 63.1. The van der Waals surface area contributed by atoms with Crippen molar-refractivity contribution in [2.24, 2.45) is 5.92 Å². The van der Waals surface area contributed by atoms with Gasteiger partial charge in [-0.1, -0.05) is 327 Å². The molecule has 8 aromatic rings. The maximum Gasteiger partial charge on any atom is 0.337 e. The van der Waals surface area contributed by atoms with Crippen LogP contribution in [0.5, 0.6) is 0 Å². The highest BCUT2D eigenvalue weighted by molar-refractivity contribution is 5.90. The number of carbonyl (C=O) groups excluding carboxylic acids is 6. The highest BCUT2D eigenvalue weighted by Gasteiger charge is 2.31. The van der Waals surface area contributed by atoms with Crippen LogP contribution in [-0.2, 0) is 90.7 Å². The molecule has 135 heavy (non-hydrogen) atoms. The van der Waals surface area contributed by atoms with Gasteiger partial charge in [-0.2, -0.15) is 18.3 Å². The van der Waals surface area contributed by atoms with Crippen molar-refractivity contribution in [3.8, 4) is 11.1 Å². The van der Waals surface area contributed by atoms with Crippen LogP contribution in [0.4, 0.5) is 0 Å². The molecule has 0 N–H and O–H groups in total. The molecule has 0 radical (unpaired) electrons. The van der Waals surface area contributed by atoms with Gasteiger partial charge in [0.25, 0.3) is 26.9 Å². The number of aryl methyl sites for hydroxylation is 2. The molecule has 0 unspecified atom stereocenters. The standard InChI is InChI=1S/C18H16NO2.C17H20N2O2.C14H14NO2.C13H24NO2.C11H14NO2.C11H22NO2.32CH4/c1-13(2)18(20)21-12-19-16-9-5-3-7-14(16)11-15-8-4-6-10-17(15)19;1-4-18-9-5-15(6-10-18)16-7-11-19(12-8-16)13-21-17(20)14(2)3;1-11(2)14(16)17-10-15-9-5-7-12-6-3-4-8-13(12)15;1-5-12-6-8-14(4,9-7-12)10-16-13(15)11(2)3;1-9(2)11(13)14-8-12-6-4-10(3)5-7-12;1-6-12(7-2,8-3)9-14-11(13)10(4)5;;;;;;;;;;;;;;;;;;;;;;;;;;;;;;;;/h3-11H,1,12H2,2H3;5-12H,2,4,13H2,1,3H3;3-9H,1,10H2,2H3;12H,2,5-10H2,1,3-4H3;4-7H,1,8H2,2-3H3;4,6-9H2,1-3,5H3;32*1H4/q+1;+2;4*+1;;;;;;;;;;;;;;;;;;;;;;;;;;;;;;;;. The number of hydrogen-bond donors (Lipinski definition) is 0. The lowest BCUT2D eigenvalue weighted by Gasteiger charge is -2.39. The minimum atomic E-state index is -0.376. The van der Waals surface area contributed by atoms with Gasteiger partial charge < -0.3 is 28.4 Å². The third-order valence-electron chi connectivity index (χ3n) is 17.3. The number of ether oxygens (including phenoxy) is 6. The van der Waals surface area contributed by atoms with Crippen LogP contribution in [0.2, 0.25) is 0 Å². The maximum atomic E-state index is 11.7. The SMILES string of the molecule is C.C.C.C.C.C.C.C.C.C.C.C.C.C.C.C.C.C.C.C.C.C.C.C.C.C.C.C.C.C.C.C.C=C(C)C(=O)OC[N+](CC)(CC)CC.C=C(C)C(=O)OC[N+]1(C)CCC(CC)CC1.C=C(C)C(=O)OC[n+]1c2ccccc2cc2ccccc21.C=C(C)C(=O)OC[n+]1ccc(-c2cc[n+](CC)cc2)cc1.C=C(C)C(=O)OC[n+]1ccc(C)cc1.C=C(C)C(=O)OC[n+]1cccc2ccccc21. The van der Waals surface area contributed by atoms with E-state index in [0.717, 1.165) is 98.0 Å². The van der Waals surface area contributed by atoms with Crippen molar-refractivity contribution >= 4 is 68.5 Å². The molecule has 802 valence electrons. The van der Waals surface area contributed by atoms with Crippen LogP contribution in [-0.4, -0.2) is 98.0 Å². The summed E-state index contributed by atoms with van der Waals surface area (Å²) < 4.78 is 42.2. The van der Waals surface area contributed by atoms with E-state index < -0.39 is 0 Å². The minimum Gasteiger partial charge on any atom is -0.412 e. The van der Waals surface area contributed by atoms with Crippen molar-refractivity contribution in [2.45, 2.75) is 373 Å². The number of nitrogens with zero attached hydrogens (tertiary/aromatic N) is 7. The van der Waals surface area contributed by atoms with Crippen LogP contribution in [0.15, 0.2) is 244 Å². The Labute approximate surface area is 845 Å². The molecule has 1 aliphatic heterocycles. The van der Waals surface area contributed by atoms with E-state index in [0.29, 0.717) is 46.9 Å². The number of quaternary nitrogens is 2. The van der Waals surface area contributed by atoms with Gasteiger partial charge in [-0.3, -0.25) is 8.97 Å². The Kier molecular flexibility index (Phi) is 165. The topological polar surface area (TPSA) is 177 Å². The third-order valence-corrected chi connectivity index (χ3v) is 17.3.